The first kappa shape index (κ1) is 12.6. The fourth-order valence-electron chi connectivity index (χ4n) is 2.96. The zero-order valence-corrected chi connectivity index (χ0v) is 12.4. The van der Waals surface area contributed by atoms with Gasteiger partial charge in [0.2, 0.25) is 0 Å². The summed E-state index contributed by atoms with van der Waals surface area (Å²) < 4.78 is 0. The van der Waals surface area contributed by atoms with Gasteiger partial charge in [-0.15, -0.1) is 11.3 Å². The molecule has 1 aromatic heterocycles. The Balaban J connectivity index is 1.81. The standard InChI is InChI=1S/C15H24N2S/c1-3-9-16-15(2,10-11-7-8-11)14-17-12-5-4-6-13(12)18-14/h11,16H,3-10H2,1-2H3. The van der Waals surface area contributed by atoms with Gasteiger partial charge in [0.05, 0.1) is 11.2 Å². The van der Waals surface area contributed by atoms with Crippen molar-refractivity contribution in [2.75, 3.05) is 6.54 Å². The lowest BCUT2D eigenvalue weighted by Gasteiger charge is -2.29. The summed E-state index contributed by atoms with van der Waals surface area (Å²) in [6.45, 7) is 5.72. The highest BCUT2D eigenvalue weighted by molar-refractivity contribution is 7.12. The van der Waals surface area contributed by atoms with Crippen LogP contribution in [0.15, 0.2) is 0 Å². The summed E-state index contributed by atoms with van der Waals surface area (Å²) in [6, 6.07) is 0. The van der Waals surface area contributed by atoms with Crippen LogP contribution in [0, 0.1) is 5.92 Å². The van der Waals surface area contributed by atoms with Gasteiger partial charge >= 0.3 is 0 Å². The van der Waals surface area contributed by atoms with Crippen LogP contribution in [0.4, 0.5) is 0 Å². The summed E-state index contributed by atoms with van der Waals surface area (Å²) in [5.74, 6) is 0.943. The smallest absolute Gasteiger partial charge is 0.113 e. The molecule has 1 heterocycles. The van der Waals surface area contributed by atoms with Crippen LogP contribution in [0.1, 0.15) is 61.5 Å². The van der Waals surface area contributed by atoms with E-state index in [9.17, 15) is 0 Å². The average Bonchev–Trinajstić information content (AvgIpc) is 2.89. The second-order valence-electron chi connectivity index (χ2n) is 6.15. The number of thiazole rings is 1. The molecule has 3 rings (SSSR count). The van der Waals surface area contributed by atoms with Crippen LogP contribution in [-0.2, 0) is 18.4 Å². The molecule has 1 atom stereocenters. The zero-order chi connectivity index (χ0) is 12.6. The second kappa shape index (κ2) is 4.93. The van der Waals surface area contributed by atoms with E-state index in [1.165, 1.54) is 55.6 Å². The van der Waals surface area contributed by atoms with Crippen LogP contribution in [-0.4, -0.2) is 11.5 Å². The molecule has 18 heavy (non-hydrogen) atoms. The van der Waals surface area contributed by atoms with E-state index in [-0.39, 0.29) is 5.54 Å². The van der Waals surface area contributed by atoms with Crippen molar-refractivity contribution in [3.05, 3.63) is 15.6 Å². The van der Waals surface area contributed by atoms with Crippen LogP contribution >= 0.6 is 11.3 Å². The average molecular weight is 264 g/mol. The summed E-state index contributed by atoms with van der Waals surface area (Å²) in [7, 11) is 0. The lowest BCUT2D eigenvalue weighted by molar-refractivity contribution is 0.321. The number of aryl methyl sites for hydroxylation is 2. The third-order valence-corrected chi connectivity index (χ3v) is 5.65. The number of rotatable bonds is 6. The SMILES string of the molecule is CCCNC(C)(CC1CC1)c1nc2c(s1)CCC2. The summed E-state index contributed by atoms with van der Waals surface area (Å²) in [5.41, 5.74) is 1.53. The van der Waals surface area contributed by atoms with Crippen molar-refractivity contribution in [3.63, 3.8) is 0 Å². The molecule has 0 aliphatic heterocycles. The quantitative estimate of drug-likeness (QED) is 0.848. The van der Waals surface area contributed by atoms with Crippen molar-refractivity contribution in [1.29, 1.82) is 0 Å². The Morgan fingerprint density at radius 1 is 1.39 bits per heavy atom. The van der Waals surface area contributed by atoms with E-state index in [2.05, 4.69) is 19.2 Å². The van der Waals surface area contributed by atoms with Crippen LogP contribution in [0.25, 0.3) is 0 Å². The van der Waals surface area contributed by atoms with Crippen molar-refractivity contribution < 1.29 is 0 Å². The number of nitrogens with zero attached hydrogens (tertiary/aromatic N) is 1. The Kier molecular flexibility index (Phi) is 3.46. The van der Waals surface area contributed by atoms with Gasteiger partial charge < -0.3 is 5.32 Å². The van der Waals surface area contributed by atoms with Crippen molar-refractivity contribution >= 4 is 11.3 Å². The van der Waals surface area contributed by atoms with Gasteiger partial charge in [-0.2, -0.15) is 0 Å². The van der Waals surface area contributed by atoms with Crippen LogP contribution in [0.2, 0.25) is 0 Å². The van der Waals surface area contributed by atoms with E-state index in [0.29, 0.717) is 0 Å². The molecule has 1 fully saturated rings. The molecule has 1 saturated carbocycles. The van der Waals surface area contributed by atoms with Gasteiger partial charge in [0.15, 0.2) is 0 Å². The van der Waals surface area contributed by atoms with Crippen molar-refractivity contribution in [1.82, 2.24) is 10.3 Å². The maximum Gasteiger partial charge on any atom is 0.113 e. The molecule has 1 N–H and O–H groups in total. The molecule has 100 valence electrons. The van der Waals surface area contributed by atoms with Gasteiger partial charge in [0.25, 0.3) is 0 Å². The van der Waals surface area contributed by atoms with Crippen LogP contribution in [0.3, 0.4) is 0 Å². The van der Waals surface area contributed by atoms with Crippen LogP contribution in [0.5, 0.6) is 0 Å². The molecule has 0 radical (unpaired) electrons. The van der Waals surface area contributed by atoms with Gasteiger partial charge in [-0.25, -0.2) is 4.98 Å². The predicted molar refractivity (Wildman–Crippen MR) is 77.1 cm³/mol. The Hall–Kier alpha value is -0.410. The number of nitrogens with one attached hydrogen (secondary N) is 1. The maximum absolute atomic E-state index is 4.95. The Morgan fingerprint density at radius 2 is 2.22 bits per heavy atom. The first-order valence-corrected chi connectivity index (χ1v) is 8.27. The third kappa shape index (κ3) is 2.48. The monoisotopic (exact) mass is 264 g/mol. The lowest BCUT2D eigenvalue weighted by Crippen LogP contribution is -2.40. The van der Waals surface area contributed by atoms with Crippen molar-refractivity contribution in [2.45, 2.75) is 64.3 Å². The van der Waals surface area contributed by atoms with Crippen molar-refractivity contribution in [3.8, 4) is 0 Å². The Morgan fingerprint density at radius 3 is 2.89 bits per heavy atom. The van der Waals surface area contributed by atoms with E-state index in [1.54, 1.807) is 4.88 Å². The molecular formula is C15H24N2S. The van der Waals surface area contributed by atoms with Crippen molar-refractivity contribution in [2.24, 2.45) is 5.92 Å². The molecule has 0 bridgehead atoms. The summed E-state index contributed by atoms with van der Waals surface area (Å²) in [6.07, 6.45) is 9.11. The number of hydrogen-bond donors (Lipinski definition) is 1. The van der Waals surface area contributed by atoms with Gasteiger partial charge in [0.1, 0.15) is 5.01 Å². The second-order valence-corrected chi connectivity index (χ2v) is 7.23. The summed E-state index contributed by atoms with van der Waals surface area (Å²) >= 11 is 1.98. The summed E-state index contributed by atoms with van der Waals surface area (Å²) in [4.78, 5) is 6.51. The molecule has 1 aromatic rings. The normalized spacial score (nSPS) is 21.9. The van der Waals surface area contributed by atoms with E-state index < -0.39 is 0 Å². The molecular weight excluding hydrogens is 240 g/mol. The minimum atomic E-state index is 0.131. The molecule has 0 spiro atoms. The highest BCUT2D eigenvalue weighted by atomic mass is 32.1. The fraction of sp³-hybridized carbons (Fsp3) is 0.800. The lowest BCUT2D eigenvalue weighted by atomic mass is 9.95. The first-order valence-electron chi connectivity index (χ1n) is 7.45. The molecule has 2 aliphatic rings. The molecule has 3 heteroatoms. The minimum Gasteiger partial charge on any atom is -0.306 e. The molecule has 2 aliphatic carbocycles. The van der Waals surface area contributed by atoms with Gasteiger partial charge in [0, 0.05) is 4.88 Å². The molecule has 0 aromatic carbocycles. The van der Waals surface area contributed by atoms with Crippen LogP contribution < -0.4 is 5.32 Å². The molecule has 1 unspecified atom stereocenters. The topological polar surface area (TPSA) is 24.9 Å². The predicted octanol–water partition coefficient (Wildman–Crippen LogP) is 3.65. The fourth-order valence-corrected chi connectivity index (χ4v) is 4.24. The molecule has 0 amide bonds. The number of fused-ring (bicyclic) bond motifs is 1. The van der Waals surface area contributed by atoms with Gasteiger partial charge in [-0.05, 0) is 51.5 Å². The first-order chi connectivity index (χ1) is 8.71. The highest BCUT2D eigenvalue weighted by Crippen LogP contribution is 2.43. The van der Waals surface area contributed by atoms with Gasteiger partial charge in [-0.1, -0.05) is 19.8 Å². The van der Waals surface area contributed by atoms with E-state index >= 15 is 0 Å². The molecule has 0 saturated heterocycles. The maximum atomic E-state index is 4.95. The van der Waals surface area contributed by atoms with E-state index in [4.69, 9.17) is 4.98 Å². The summed E-state index contributed by atoms with van der Waals surface area (Å²) in [5, 5.41) is 5.12. The Labute approximate surface area is 114 Å². The third-order valence-electron chi connectivity index (χ3n) is 4.23. The molecule has 2 nitrogen and oxygen atoms in total. The van der Waals surface area contributed by atoms with E-state index in [0.717, 1.165) is 12.5 Å². The number of hydrogen-bond acceptors (Lipinski definition) is 3. The highest BCUT2D eigenvalue weighted by Gasteiger charge is 2.37. The largest absolute Gasteiger partial charge is 0.306 e. The van der Waals surface area contributed by atoms with Gasteiger partial charge in [-0.3, -0.25) is 0 Å². The Bertz CT molecular complexity index is 401. The zero-order valence-electron chi connectivity index (χ0n) is 11.6. The minimum absolute atomic E-state index is 0.131. The number of aromatic nitrogens is 1. The van der Waals surface area contributed by atoms with E-state index in [1.807, 2.05) is 11.3 Å².